The van der Waals surface area contributed by atoms with E-state index in [2.05, 4.69) is 27.9 Å². The lowest BCUT2D eigenvalue weighted by atomic mass is 10.2. The van der Waals surface area contributed by atoms with E-state index < -0.39 is 0 Å². The number of benzene rings is 1. The summed E-state index contributed by atoms with van der Waals surface area (Å²) < 4.78 is 2.09. The number of nitrogens with zero attached hydrogens (tertiary/aromatic N) is 2. The highest BCUT2D eigenvalue weighted by atomic mass is 32.2. The largest absolute Gasteiger partial charge is 0.322 e. The average Bonchev–Trinajstić information content (AvgIpc) is 2.67. The van der Waals surface area contributed by atoms with Crippen molar-refractivity contribution in [3.05, 3.63) is 54.5 Å². The SMILES string of the molecule is [CH2]Sc1nccn1Cc1ccccc1. The number of thioether (sulfide) groups is 1. The third kappa shape index (κ3) is 1.99. The van der Waals surface area contributed by atoms with Gasteiger partial charge in [0.1, 0.15) is 0 Å². The highest BCUT2D eigenvalue weighted by Crippen LogP contribution is 2.14. The summed E-state index contributed by atoms with van der Waals surface area (Å²) in [5.74, 6) is 0. The Labute approximate surface area is 88.0 Å². The van der Waals surface area contributed by atoms with Gasteiger partial charge in [-0.05, 0) is 5.56 Å². The van der Waals surface area contributed by atoms with Gasteiger partial charge in [-0.15, -0.1) is 0 Å². The number of rotatable bonds is 3. The van der Waals surface area contributed by atoms with E-state index in [0.29, 0.717) is 0 Å². The minimum atomic E-state index is 0.860. The molecular formula is C11H11N2S. The summed E-state index contributed by atoms with van der Waals surface area (Å²) in [6.07, 6.45) is 7.54. The molecule has 14 heavy (non-hydrogen) atoms. The Morgan fingerprint density at radius 1 is 1.29 bits per heavy atom. The van der Waals surface area contributed by atoms with Crippen molar-refractivity contribution in [2.24, 2.45) is 0 Å². The van der Waals surface area contributed by atoms with Gasteiger partial charge >= 0.3 is 0 Å². The predicted molar refractivity (Wildman–Crippen MR) is 59.0 cm³/mol. The molecule has 71 valence electrons. The molecule has 0 aliphatic rings. The van der Waals surface area contributed by atoms with Crippen molar-refractivity contribution in [3.8, 4) is 0 Å². The molecule has 1 aromatic carbocycles. The molecule has 0 unspecified atom stereocenters. The Bertz CT molecular complexity index is 395. The smallest absolute Gasteiger partial charge is 0.168 e. The van der Waals surface area contributed by atoms with E-state index >= 15 is 0 Å². The molecule has 3 heteroatoms. The molecule has 2 rings (SSSR count). The first-order valence-electron chi connectivity index (χ1n) is 4.37. The van der Waals surface area contributed by atoms with E-state index in [4.69, 9.17) is 0 Å². The monoisotopic (exact) mass is 203 g/mol. The van der Waals surface area contributed by atoms with E-state index in [9.17, 15) is 0 Å². The fourth-order valence-corrected chi connectivity index (χ4v) is 1.76. The first-order chi connectivity index (χ1) is 6.90. The Kier molecular flexibility index (Phi) is 2.89. The maximum absolute atomic E-state index is 4.19. The van der Waals surface area contributed by atoms with Crippen molar-refractivity contribution < 1.29 is 0 Å². The molecule has 0 spiro atoms. The van der Waals surface area contributed by atoms with Gasteiger partial charge in [-0.2, -0.15) is 0 Å². The normalized spacial score (nSPS) is 10.4. The van der Waals surface area contributed by atoms with E-state index in [1.54, 1.807) is 6.20 Å². The van der Waals surface area contributed by atoms with Crippen LogP contribution in [-0.2, 0) is 6.54 Å². The zero-order valence-electron chi connectivity index (χ0n) is 7.76. The lowest BCUT2D eigenvalue weighted by molar-refractivity contribution is 0.710. The first kappa shape index (κ1) is 9.34. The Morgan fingerprint density at radius 2 is 2.07 bits per heavy atom. The van der Waals surface area contributed by atoms with Crippen LogP contribution in [0.4, 0.5) is 0 Å². The number of hydrogen-bond donors (Lipinski definition) is 0. The first-order valence-corrected chi connectivity index (χ1v) is 5.36. The molecule has 0 atom stereocenters. The van der Waals surface area contributed by atoms with Crippen LogP contribution >= 0.6 is 11.8 Å². The molecule has 0 fully saturated rings. The zero-order chi connectivity index (χ0) is 9.80. The zero-order valence-corrected chi connectivity index (χ0v) is 8.57. The van der Waals surface area contributed by atoms with E-state index in [-0.39, 0.29) is 0 Å². The third-order valence-electron chi connectivity index (χ3n) is 2.00. The summed E-state index contributed by atoms with van der Waals surface area (Å²) in [5.41, 5.74) is 1.28. The summed E-state index contributed by atoms with van der Waals surface area (Å²) in [6.45, 7) is 0.860. The van der Waals surface area contributed by atoms with Crippen LogP contribution in [0.25, 0.3) is 0 Å². The van der Waals surface area contributed by atoms with Crippen LogP contribution in [0.1, 0.15) is 5.56 Å². The van der Waals surface area contributed by atoms with E-state index in [1.165, 1.54) is 17.3 Å². The molecule has 0 amide bonds. The van der Waals surface area contributed by atoms with E-state index in [0.717, 1.165) is 11.7 Å². The van der Waals surface area contributed by atoms with Gasteiger partial charge in [-0.1, -0.05) is 42.1 Å². The van der Waals surface area contributed by atoms with Gasteiger partial charge in [0.05, 0.1) is 0 Å². The Morgan fingerprint density at radius 3 is 2.79 bits per heavy atom. The van der Waals surface area contributed by atoms with Crippen molar-refractivity contribution in [1.82, 2.24) is 9.55 Å². The lowest BCUT2D eigenvalue weighted by Gasteiger charge is -2.05. The van der Waals surface area contributed by atoms with Gasteiger partial charge in [0, 0.05) is 25.2 Å². The standard InChI is InChI=1S/C11H11N2S/c1-14-11-12-7-8-13(11)9-10-5-3-2-4-6-10/h2-8H,1,9H2. The van der Waals surface area contributed by atoms with E-state index in [1.807, 2.05) is 24.4 Å². The molecule has 0 aliphatic carbocycles. The molecule has 0 N–H and O–H groups in total. The predicted octanol–water partition coefficient (Wildman–Crippen LogP) is 2.82. The second-order valence-corrected chi connectivity index (χ2v) is 3.62. The molecule has 2 nitrogen and oxygen atoms in total. The van der Waals surface area contributed by atoms with Gasteiger partial charge in [-0.25, -0.2) is 4.98 Å². The maximum Gasteiger partial charge on any atom is 0.168 e. The van der Waals surface area contributed by atoms with Crippen LogP contribution in [-0.4, -0.2) is 9.55 Å². The summed E-state index contributed by atoms with van der Waals surface area (Å²) in [6, 6.07) is 10.3. The minimum Gasteiger partial charge on any atom is -0.322 e. The molecule has 0 saturated carbocycles. The van der Waals surface area contributed by atoms with Crippen molar-refractivity contribution >= 4 is 11.8 Å². The molecule has 0 bridgehead atoms. The molecule has 1 radical (unpaired) electrons. The average molecular weight is 203 g/mol. The van der Waals surface area contributed by atoms with Crippen molar-refractivity contribution in [3.63, 3.8) is 0 Å². The Balaban J connectivity index is 2.19. The van der Waals surface area contributed by atoms with Crippen molar-refractivity contribution in [2.75, 3.05) is 0 Å². The molecule has 0 saturated heterocycles. The summed E-state index contributed by atoms with van der Waals surface area (Å²) in [5, 5.41) is 0.953. The van der Waals surface area contributed by atoms with Gasteiger partial charge in [-0.3, -0.25) is 0 Å². The van der Waals surface area contributed by atoms with Crippen LogP contribution in [0.3, 0.4) is 0 Å². The van der Waals surface area contributed by atoms with Crippen LogP contribution in [0, 0.1) is 6.26 Å². The Hall–Kier alpha value is -1.22. The molecule has 2 aromatic rings. The highest BCUT2D eigenvalue weighted by molar-refractivity contribution is 8.00. The minimum absolute atomic E-state index is 0.860. The third-order valence-corrected chi connectivity index (χ3v) is 2.60. The van der Waals surface area contributed by atoms with Gasteiger partial charge in [0.25, 0.3) is 0 Å². The van der Waals surface area contributed by atoms with Crippen LogP contribution in [0.5, 0.6) is 0 Å². The summed E-state index contributed by atoms with van der Waals surface area (Å²) >= 11 is 1.42. The summed E-state index contributed by atoms with van der Waals surface area (Å²) in [7, 11) is 0. The van der Waals surface area contributed by atoms with Gasteiger partial charge in [0.15, 0.2) is 5.16 Å². The molecular weight excluding hydrogens is 192 g/mol. The molecule has 1 heterocycles. The fourth-order valence-electron chi connectivity index (χ4n) is 1.34. The highest BCUT2D eigenvalue weighted by Gasteiger charge is 2.00. The quantitative estimate of drug-likeness (QED) is 0.714. The molecule has 0 aliphatic heterocycles. The number of imidazole rings is 1. The van der Waals surface area contributed by atoms with Crippen molar-refractivity contribution in [1.29, 1.82) is 0 Å². The summed E-state index contributed by atoms with van der Waals surface area (Å²) in [4.78, 5) is 4.19. The van der Waals surface area contributed by atoms with Crippen LogP contribution < -0.4 is 0 Å². The van der Waals surface area contributed by atoms with Crippen molar-refractivity contribution in [2.45, 2.75) is 11.7 Å². The van der Waals surface area contributed by atoms with Gasteiger partial charge in [0.2, 0.25) is 0 Å². The maximum atomic E-state index is 4.19. The molecule has 1 aromatic heterocycles. The second kappa shape index (κ2) is 4.33. The van der Waals surface area contributed by atoms with Crippen LogP contribution in [0.15, 0.2) is 47.9 Å². The topological polar surface area (TPSA) is 17.8 Å². The number of aromatic nitrogens is 2. The second-order valence-electron chi connectivity index (χ2n) is 2.97. The van der Waals surface area contributed by atoms with Gasteiger partial charge < -0.3 is 4.57 Å². The lowest BCUT2D eigenvalue weighted by Crippen LogP contribution is -1.99. The number of hydrogen-bond acceptors (Lipinski definition) is 2. The fraction of sp³-hybridized carbons (Fsp3) is 0.0909. The van der Waals surface area contributed by atoms with Crippen LogP contribution in [0.2, 0.25) is 0 Å².